The lowest BCUT2D eigenvalue weighted by molar-refractivity contribution is 0.342. The normalized spacial score (nSPS) is 13.7. The number of sulfone groups is 1. The molecule has 0 saturated heterocycles. The highest BCUT2D eigenvalue weighted by Crippen LogP contribution is 1.96. The summed E-state index contributed by atoms with van der Waals surface area (Å²) in [7, 11) is -2.92. The van der Waals surface area contributed by atoms with Crippen LogP contribution in [0.25, 0.3) is 0 Å². The fraction of sp³-hybridized carbons (Fsp3) is 0.667. The van der Waals surface area contributed by atoms with E-state index in [9.17, 15) is 8.42 Å². The summed E-state index contributed by atoms with van der Waals surface area (Å²) < 4.78 is 21.2. The molecule has 0 amide bonds. The first kappa shape index (κ1) is 9.65. The summed E-state index contributed by atoms with van der Waals surface area (Å²) in [4.78, 5) is 0. The predicted molar refractivity (Wildman–Crippen MR) is 40.6 cm³/mol. The molecule has 0 aromatic rings. The molecule has 1 N–H and O–H groups in total. The van der Waals surface area contributed by atoms with Crippen LogP contribution in [0.1, 0.15) is 6.92 Å². The summed E-state index contributed by atoms with van der Waals surface area (Å²) in [5.74, 6) is 0.0353. The molecule has 10 heavy (non-hydrogen) atoms. The quantitative estimate of drug-likeness (QED) is 0.596. The lowest BCUT2D eigenvalue weighted by atomic mass is 10.3. The second-order valence-corrected chi connectivity index (χ2v) is 4.44. The van der Waals surface area contributed by atoms with Crippen LogP contribution in [-0.2, 0) is 9.84 Å². The summed E-state index contributed by atoms with van der Waals surface area (Å²) in [6.07, 6.45) is 2.66. The number of aliphatic hydroxyl groups excluding tert-OH is 1. The summed E-state index contributed by atoms with van der Waals surface area (Å²) >= 11 is 0. The second-order valence-electron chi connectivity index (χ2n) is 2.30. The summed E-state index contributed by atoms with van der Waals surface area (Å²) in [6, 6.07) is 0. The van der Waals surface area contributed by atoms with Gasteiger partial charge in [-0.25, -0.2) is 8.42 Å². The third-order valence-electron chi connectivity index (χ3n) is 0.930. The molecule has 0 radical (unpaired) electrons. The van der Waals surface area contributed by atoms with Crippen molar-refractivity contribution in [3.63, 3.8) is 0 Å². The molecule has 0 atom stereocenters. The van der Waals surface area contributed by atoms with Crippen LogP contribution >= 0.6 is 0 Å². The molecule has 0 aliphatic heterocycles. The van der Waals surface area contributed by atoms with Gasteiger partial charge in [0.05, 0.1) is 12.4 Å². The van der Waals surface area contributed by atoms with E-state index in [0.717, 1.165) is 0 Å². The van der Waals surface area contributed by atoms with Crippen molar-refractivity contribution < 1.29 is 13.5 Å². The van der Waals surface area contributed by atoms with Crippen LogP contribution in [0.5, 0.6) is 0 Å². The molecule has 0 fully saturated rings. The van der Waals surface area contributed by atoms with E-state index in [0.29, 0.717) is 5.57 Å². The van der Waals surface area contributed by atoms with Crippen LogP contribution in [-0.4, -0.2) is 32.1 Å². The number of rotatable bonds is 3. The Kier molecular flexibility index (Phi) is 3.60. The maximum absolute atomic E-state index is 10.6. The van der Waals surface area contributed by atoms with Gasteiger partial charge in [0, 0.05) is 6.26 Å². The van der Waals surface area contributed by atoms with Crippen LogP contribution in [0.15, 0.2) is 11.6 Å². The van der Waals surface area contributed by atoms with Gasteiger partial charge in [-0.2, -0.15) is 0 Å². The van der Waals surface area contributed by atoms with Gasteiger partial charge in [-0.1, -0.05) is 11.6 Å². The van der Waals surface area contributed by atoms with Crippen molar-refractivity contribution in [2.24, 2.45) is 0 Å². The standard InChI is InChI=1S/C6H12O3S/c1-6(3-4-7)5-10(2,8)9/h3,7H,4-5H2,1-2H3/b6-3-. The minimum absolute atomic E-state index is 0.0353. The van der Waals surface area contributed by atoms with Crippen molar-refractivity contribution in [2.75, 3.05) is 18.6 Å². The lowest BCUT2D eigenvalue weighted by Crippen LogP contribution is -2.04. The van der Waals surface area contributed by atoms with Gasteiger partial charge in [0.1, 0.15) is 0 Å². The monoisotopic (exact) mass is 164 g/mol. The summed E-state index contributed by atoms with van der Waals surface area (Å²) in [5, 5.41) is 8.36. The van der Waals surface area contributed by atoms with Crippen LogP contribution in [0, 0.1) is 0 Å². The third kappa shape index (κ3) is 5.78. The fourth-order valence-electron chi connectivity index (χ4n) is 0.628. The van der Waals surface area contributed by atoms with Crippen molar-refractivity contribution >= 4 is 9.84 Å². The molecule has 0 saturated carbocycles. The number of hydrogen-bond donors (Lipinski definition) is 1. The molecule has 0 aromatic heterocycles. The second kappa shape index (κ2) is 3.73. The molecule has 0 bridgehead atoms. The Morgan fingerprint density at radius 3 is 2.40 bits per heavy atom. The molecule has 0 unspecified atom stereocenters. The van der Waals surface area contributed by atoms with E-state index in [1.54, 1.807) is 6.92 Å². The lowest BCUT2D eigenvalue weighted by Gasteiger charge is -1.96. The first-order valence-electron chi connectivity index (χ1n) is 2.90. The highest BCUT2D eigenvalue weighted by atomic mass is 32.2. The maximum Gasteiger partial charge on any atom is 0.151 e. The van der Waals surface area contributed by atoms with E-state index in [1.165, 1.54) is 12.3 Å². The predicted octanol–water partition coefficient (Wildman–Crippen LogP) is -0.0304. The Morgan fingerprint density at radius 1 is 1.60 bits per heavy atom. The van der Waals surface area contributed by atoms with Gasteiger partial charge in [0.15, 0.2) is 9.84 Å². The van der Waals surface area contributed by atoms with Crippen LogP contribution in [0.2, 0.25) is 0 Å². The van der Waals surface area contributed by atoms with E-state index in [1.807, 2.05) is 0 Å². The fourth-order valence-corrected chi connectivity index (χ4v) is 1.57. The zero-order valence-corrected chi connectivity index (χ0v) is 6.98. The Hall–Kier alpha value is -0.350. The van der Waals surface area contributed by atoms with Gasteiger partial charge in [-0.3, -0.25) is 0 Å². The molecule has 0 rings (SSSR count). The van der Waals surface area contributed by atoms with Crippen LogP contribution in [0.3, 0.4) is 0 Å². The van der Waals surface area contributed by atoms with Crippen molar-refractivity contribution in [1.82, 2.24) is 0 Å². The molecule has 0 aliphatic rings. The number of hydrogen-bond acceptors (Lipinski definition) is 3. The van der Waals surface area contributed by atoms with Gasteiger partial charge < -0.3 is 5.11 Å². The minimum atomic E-state index is -2.92. The molecule has 3 nitrogen and oxygen atoms in total. The molecule has 0 spiro atoms. The van der Waals surface area contributed by atoms with Gasteiger partial charge in [0.2, 0.25) is 0 Å². The Labute approximate surface area is 61.3 Å². The van der Waals surface area contributed by atoms with Crippen LogP contribution < -0.4 is 0 Å². The van der Waals surface area contributed by atoms with E-state index in [4.69, 9.17) is 5.11 Å². The van der Waals surface area contributed by atoms with E-state index in [-0.39, 0.29) is 12.4 Å². The zero-order chi connectivity index (χ0) is 8.20. The highest BCUT2D eigenvalue weighted by Gasteiger charge is 2.01. The topological polar surface area (TPSA) is 54.4 Å². The van der Waals surface area contributed by atoms with Gasteiger partial charge in [-0.05, 0) is 6.92 Å². The van der Waals surface area contributed by atoms with Crippen molar-refractivity contribution in [3.05, 3.63) is 11.6 Å². The van der Waals surface area contributed by atoms with E-state index in [2.05, 4.69) is 0 Å². The zero-order valence-electron chi connectivity index (χ0n) is 6.16. The molecular weight excluding hydrogens is 152 g/mol. The van der Waals surface area contributed by atoms with Crippen molar-refractivity contribution in [3.8, 4) is 0 Å². The van der Waals surface area contributed by atoms with E-state index < -0.39 is 9.84 Å². The molecule has 60 valence electrons. The van der Waals surface area contributed by atoms with Gasteiger partial charge in [0.25, 0.3) is 0 Å². The molecular formula is C6H12O3S. The largest absolute Gasteiger partial charge is 0.392 e. The van der Waals surface area contributed by atoms with E-state index >= 15 is 0 Å². The molecule has 4 heteroatoms. The average Bonchev–Trinajstić information content (AvgIpc) is 1.59. The van der Waals surface area contributed by atoms with Gasteiger partial charge >= 0.3 is 0 Å². The maximum atomic E-state index is 10.6. The number of aliphatic hydroxyl groups is 1. The Balaban J connectivity index is 4.05. The van der Waals surface area contributed by atoms with Crippen LogP contribution in [0.4, 0.5) is 0 Å². The third-order valence-corrected chi connectivity index (χ3v) is 1.91. The molecule has 0 heterocycles. The van der Waals surface area contributed by atoms with Crippen molar-refractivity contribution in [2.45, 2.75) is 6.92 Å². The highest BCUT2D eigenvalue weighted by molar-refractivity contribution is 7.90. The summed E-state index contributed by atoms with van der Waals surface area (Å²) in [5.41, 5.74) is 0.685. The first-order chi connectivity index (χ1) is 4.45. The Morgan fingerprint density at radius 2 is 2.10 bits per heavy atom. The SMILES string of the molecule is C/C(=C/CO)CS(C)(=O)=O. The van der Waals surface area contributed by atoms with Crippen molar-refractivity contribution in [1.29, 1.82) is 0 Å². The average molecular weight is 164 g/mol. The van der Waals surface area contributed by atoms with Gasteiger partial charge in [-0.15, -0.1) is 0 Å². The first-order valence-corrected chi connectivity index (χ1v) is 4.96. The smallest absolute Gasteiger partial charge is 0.151 e. The Bertz CT molecular complexity index is 213. The molecule has 0 aromatic carbocycles. The minimum Gasteiger partial charge on any atom is -0.392 e. The summed E-state index contributed by atoms with van der Waals surface area (Å²) in [6.45, 7) is 1.58. The molecule has 0 aliphatic carbocycles.